The fourth-order valence-corrected chi connectivity index (χ4v) is 5.47. The first-order valence-electron chi connectivity index (χ1n) is 12.5. The zero-order valence-corrected chi connectivity index (χ0v) is 21.3. The van der Waals surface area contributed by atoms with E-state index < -0.39 is 11.6 Å². The highest BCUT2D eigenvalue weighted by molar-refractivity contribution is 6.00. The second-order valence-electron chi connectivity index (χ2n) is 9.81. The van der Waals surface area contributed by atoms with Gasteiger partial charge in [-0.05, 0) is 56.7 Å². The molecule has 0 spiro atoms. The van der Waals surface area contributed by atoms with E-state index in [1.807, 2.05) is 23.1 Å². The van der Waals surface area contributed by atoms with Crippen molar-refractivity contribution in [1.82, 2.24) is 25.0 Å². The van der Waals surface area contributed by atoms with Gasteiger partial charge in [-0.3, -0.25) is 14.9 Å². The zero-order chi connectivity index (χ0) is 26.6. The van der Waals surface area contributed by atoms with Gasteiger partial charge in [0, 0.05) is 41.4 Å². The number of benzene rings is 2. The molecule has 1 saturated heterocycles. The van der Waals surface area contributed by atoms with Crippen LogP contribution in [0.1, 0.15) is 28.8 Å². The number of amides is 1. The highest BCUT2D eigenvalue weighted by Crippen LogP contribution is 2.39. The largest absolute Gasteiger partial charge is 0.494 e. The van der Waals surface area contributed by atoms with Crippen molar-refractivity contribution < 1.29 is 23.0 Å². The molecule has 8 nitrogen and oxygen atoms in total. The van der Waals surface area contributed by atoms with Crippen molar-refractivity contribution in [3.8, 4) is 34.0 Å². The number of fused-ring (bicyclic) bond motifs is 2. The molecule has 2 aliphatic heterocycles. The lowest BCUT2D eigenvalue weighted by Crippen LogP contribution is -2.43. The Hall–Kier alpha value is -4.05. The summed E-state index contributed by atoms with van der Waals surface area (Å²) in [6.45, 7) is 2.55. The van der Waals surface area contributed by atoms with Crippen LogP contribution in [0.2, 0.25) is 0 Å². The van der Waals surface area contributed by atoms with E-state index in [1.165, 1.54) is 20.4 Å². The quantitative estimate of drug-likeness (QED) is 0.414. The van der Waals surface area contributed by atoms with Gasteiger partial charge in [0.15, 0.2) is 23.1 Å². The van der Waals surface area contributed by atoms with Crippen molar-refractivity contribution in [3.63, 3.8) is 0 Å². The molecule has 2 aliphatic rings. The number of pyridine rings is 1. The number of aromatic nitrogens is 3. The van der Waals surface area contributed by atoms with E-state index in [0.717, 1.165) is 48.7 Å². The number of nitrogens with zero attached hydrogens (tertiary/aromatic N) is 4. The number of methoxy groups -OCH3 is 2. The van der Waals surface area contributed by atoms with E-state index in [-0.39, 0.29) is 34.7 Å². The monoisotopic (exact) mass is 519 g/mol. The summed E-state index contributed by atoms with van der Waals surface area (Å²) in [7, 11) is 4.71. The number of halogens is 2. The van der Waals surface area contributed by atoms with Gasteiger partial charge in [0.2, 0.25) is 0 Å². The lowest BCUT2D eigenvalue weighted by Gasteiger charge is -2.34. The standard InChI is InChI=1S/C28H27F2N5O3/c1-34-8-6-17(7-9-34)35-14-16-10-15(4-5-18(16)28(35)36)27-19-13-31-21(11-20(19)32-33-27)24-25(29)22(37-2)12-23(38-3)26(24)30/h4-5,10-13,17H,6-9,14H2,1-3H3,(H,32,33). The lowest BCUT2D eigenvalue weighted by atomic mass is 10.0. The number of likely N-dealkylation sites (tertiary alicyclic amines) is 1. The molecule has 2 aromatic heterocycles. The Labute approximate surface area is 218 Å². The first kappa shape index (κ1) is 24.3. The summed E-state index contributed by atoms with van der Waals surface area (Å²) in [5.41, 5.74) is 3.48. The van der Waals surface area contributed by atoms with Gasteiger partial charge in [-0.2, -0.15) is 5.10 Å². The van der Waals surface area contributed by atoms with E-state index in [2.05, 4.69) is 27.1 Å². The summed E-state index contributed by atoms with van der Waals surface area (Å²) in [5, 5.41) is 8.12. The van der Waals surface area contributed by atoms with Crippen LogP contribution in [-0.2, 0) is 6.54 Å². The number of piperidine rings is 1. The molecule has 0 radical (unpaired) electrons. The second-order valence-corrected chi connectivity index (χ2v) is 9.81. The number of rotatable bonds is 5. The van der Waals surface area contributed by atoms with Crippen molar-refractivity contribution >= 4 is 16.8 Å². The van der Waals surface area contributed by atoms with Crippen molar-refractivity contribution in [2.24, 2.45) is 0 Å². The summed E-state index contributed by atoms with van der Waals surface area (Å²) in [4.78, 5) is 21.7. The third kappa shape index (κ3) is 3.87. The molecule has 38 heavy (non-hydrogen) atoms. The Morgan fingerprint density at radius 1 is 1.03 bits per heavy atom. The molecule has 1 fully saturated rings. The van der Waals surface area contributed by atoms with Crippen LogP contribution in [0.3, 0.4) is 0 Å². The van der Waals surface area contributed by atoms with Crippen LogP contribution in [0.15, 0.2) is 36.5 Å². The minimum absolute atomic E-state index is 0.0771. The van der Waals surface area contributed by atoms with Crippen molar-refractivity contribution in [2.45, 2.75) is 25.4 Å². The van der Waals surface area contributed by atoms with Crippen LogP contribution < -0.4 is 9.47 Å². The van der Waals surface area contributed by atoms with Gasteiger partial charge in [-0.25, -0.2) is 8.78 Å². The van der Waals surface area contributed by atoms with E-state index in [0.29, 0.717) is 23.1 Å². The van der Waals surface area contributed by atoms with Gasteiger partial charge < -0.3 is 19.3 Å². The number of hydrogen-bond acceptors (Lipinski definition) is 6. The first-order valence-corrected chi connectivity index (χ1v) is 12.5. The van der Waals surface area contributed by atoms with Crippen LogP contribution in [0.4, 0.5) is 8.78 Å². The normalized spacial score (nSPS) is 16.3. The van der Waals surface area contributed by atoms with E-state index in [4.69, 9.17) is 9.47 Å². The Morgan fingerprint density at radius 2 is 1.74 bits per heavy atom. The van der Waals surface area contributed by atoms with Crippen molar-refractivity contribution in [1.29, 1.82) is 0 Å². The SMILES string of the molecule is COc1cc(OC)c(F)c(-c2cc3[nH]nc(-c4ccc5c(c4)CN(C4CCN(C)CC4)C5=O)c3cn2)c1F. The molecule has 4 heterocycles. The van der Waals surface area contributed by atoms with Gasteiger partial charge in [-0.15, -0.1) is 0 Å². The summed E-state index contributed by atoms with van der Waals surface area (Å²) in [6, 6.07) is 8.69. The lowest BCUT2D eigenvalue weighted by molar-refractivity contribution is 0.0617. The van der Waals surface area contributed by atoms with E-state index >= 15 is 8.78 Å². The van der Waals surface area contributed by atoms with Crippen LogP contribution >= 0.6 is 0 Å². The molecular formula is C28H27F2N5O3. The molecule has 1 N–H and O–H groups in total. The zero-order valence-electron chi connectivity index (χ0n) is 21.3. The molecule has 0 atom stereocenters. The number of H-pyrrole nitrogens is 1. The summed E-state index contributed by atoms with van der Waals surface area (Å²) >= 11 is 0. The predicted octanol–water partition coefficient (Wildman–Crippen LogP) is 4.64. The first-order chi connectivity index (χ1) is 18.4. The van der Waals surface area contributed by atoms with Crippen molar-refractivity contribution in [2.75, 3.05) is 34.4 Å². The Balaban J connectivity index is 1.33. The van der Waals surface area contributed by atoms with Crippen LogP contribution in [0.5, 0.6) is 11.5 Å². The summed E-state index contributed by atoms with van der Waals surface area (Å²) < 4.78 is 40.2. The number of carbonyl (C=O) groups is 1. The molecule has 10 heteroatoms. The smallest absolute Gasteiger partial charge is 0.254 e. The number of carbonyl (C=O) groups excluding carboxylic acids is 1. The topological polar surface area (TPSA) is 83.6 Å². The van der Waals surface area contributed by atoms with Gasteiger partial charge in [0.25, 0.3) is 5.91 Å². The van der Waals surface area contributed by atoms with Gasteiger partial charge >= 0.3 is 0 Å². The molecule has 0 unspecified atom stereocenters. The van der Waals surface area contributed by atoms with Crippen LogP contribution in [-0.4, -0.2) is 71.3 Å². The summed E-state index contributed by atoms with van der Waals surface area (Å²) in [6.07, 6.45) is 3.49. The highest BCUT2D eigenvalue weighted by atomic mass is 19.1. The molecule has 2 aromatic carbocycles. The molecule has 0 saturated carbocycles. The maximum Gasteiger partial charge on any atom is 0.254 e. The fourth-order valence-electron chi connectivity index (χ4n) is 5.47. The van der Waals surface area contributed by atoms with Crippen molar-refractivity contribution in [3.05, 3.63) is 59.3 Å². The minimum atomic E-state index is -0.866. The van der Waals surface area contributed by atoms with Crippen LogP contribution in [0, 0.1) is 11.6 Å². The molecule has 1 amide bonds. The van der Waals surface area contributed by atoms with E-state index in [1.54, 1.807) is 6.07 Å². The molecule has 4 aromatic rings. The third-order valence-electron chi connectivity index (χ3n) is 7.62. The molecule has 196 valence electrons. The molecule has 0 bridgehead atoms. The molecular weight excluding hydrogens is 492 g/mol. The number of hydrogen-bond donors (Lipinski definition) is 1. The Kier molecular flexibility index (Phi) is 5.98. The average molecular weight is 520 g/mol. The highest BCUT2D eigenvalue weighted by Gasteiger charge is 2.34. The Morgan fingerprint density at radius 3 is 2.42 bits per heavy atom. The Bertz CT molecular complexity index is 1530. The molecule has 0 aliphatic carbocycles. The second kappa shape index (κ2) is 9.36. The van der Waals surface area contributed by atoms with Crippen LogP contribution in [0.25, 0.3) is 33.4 Å². The number of aromatic amines is 1. The maximum absolute atomic E-state index is 15.0. The van der Waals surface area contributed by atoms with Gasteiger partial charge in [0.05, 0.1) is 31.0 Å². The fraction of sp³-hybridized carbons (Fsp3) is 0.321. The van der Waals surface area contributed by atoms with Gasteiger partial charge in [0.1, 0.15) is 5.69 Å². The van der Waals surface area contributed by atoms with Gasteiger partial charge in [-0.1, -0.05) is 6.07 Å². The maximum atomic E-state index is 15.0. The van der Waals surface area contributed by atoms with E-state index in [9.17, 15) is 4.79 Å². The average Bonchev–Trinajstić information content (AvgIpc) is 3.50. The minimum Gasteiger partial charge on any atom is -0.494 e. The third-order valence-corrected chi connectivity index (χ3v) is 7.62. The number of ether oxygens (including phenoxy) is 2. The predicted molar refractivity (Wildman–Crippen MR) is 138 cm³/mol. The molecule has 6 rings (SSSR count). The number of nitrogens with one attached hydrogen (secondary N) is 1. The summed E-state index contributed by atoms with van der Waals surface area (Å²) in [5.74, 6) is -1.94.